The minimum atomic E-state index is -0.264. The number of methoxy groups -OCH3 is 1. The molecule has 0 spiro atoms. The van der Waals surface area contributed by atoms with Crippen LogP contribution in [0.2, 0.25) is 0 Å². The van der Waals surface area contributed by atoms with E-state index >= 15 is 0 Å². The number of carbonyl (C=O) groups excluding carboxylic acids is 1. The van der Waals surface area contributed by atoms with Gasteiger partial charge in [0, 0.05) is 15.1 Å². The van der Waals surface area contributed by atoms with Crippen LogP contribution < -0.4 is 10.1 Å². The Morgan fingerprint density at radius 2 is 1.96 bits per heavy atom. The van der Waals surface area contributed by atoms with Gasteiger partial charge >= 0.3 is 0 Å². The Hall–Kier alpha value is -1.90. The predicted molar refractivity (Wildman–Crippen MR) is 105 cm³/mol. The van der Waals surface area contributed by atoms with Crippen LogP contribution in [0.1, 0.15) is 14.8 Å². The van der Waals surface area contributed by atoms with Gasteiger partial charge in [0.05, 0.1) is 12.9 Å². The number of carbonyl (C=O) groups is 1. The predicted octanol–water partition coefficient (Wildman–Crippen LogP) is 4.85. The second kappa shape index (κ2) is 8.46. The van der Waals surface area contributed by atoms with E-state index in [1.807, 2.05) is 24.3 Å². The highest BCUT2D eigenvalue weighted by atomic mass is 79.9. The van der Waals surface area contributed by atoms with Crippen LogP contribution in [-0.2, 0) is 5.75 Å². The minimum absolute atomic E-state index is 0.264. The normalized spacial score (nSPS) is 10.5. The average Bonchev–Trinajstić information content (AvgIpc) is 3.11. The van der Waals surface area contributed by atoms with E-state index in [2.05, 4.69) is 31.4 Å². The van der Waals surface area contributed by atoms with E-state index in [0.29, 0.717) is 16.4 Å². The quantitative estimate of drug-likeness (QED) is 0.560. The van der Waals surface area contributed by atoms with Gasteiger partial charge in [-0.1, -0.05) is 23.5 Å². The molecule has 1 N–H and O–H groups in total. The lowest BCUT2D eigenvalue weighted by Crippen LogP contribution is -2.11. The minimum Gasteiger partial charge on any atom is -0.497 e. The molecule has 0 saturated carbocycles. The number of thioether (sulfide) groups is 1. The van der Waals surface area contributed by atoms with E-state index < -0.39 is 0 Å². The maximum absolute atomic E-state index is 12.3. The number of nitrogens with one attached hydrogen (secondary N) is 1. The Bertz CT molecular complexity index is 868. The lowest BCUT2D eigenvalue weighted by molar-refractivity contribution is 0.102. The summed E-state index contributed by atoms with van der Waals surface area (Å²) in [6.07, 6.45) is 0. The van der Waals surface area contributed by atoms with Crippen molar-refractivity contribution in [2.24, 2.45) is 0 Å². The fourth-order valence-corrected chi connectivity index (χ4v) is 4.25. The summed E-state index contributed by atoms with van der Waals surface area (Å²) >= 11 is 6.47. The molecule has 0 saturated heterocycles. The largest absolute Gasteiger partial charge is 0.497 e. The van der Waals surface area contributed by atoms with Gasteiger partial charge in [-0.05, 0) is 52.3 Å². The number of anilines is 1. The molecule has 3 aromatic rings. The van der Waals surface area contributed by atoms with Crippen molar-refractivity contribution in [3.63, 3.8) is 0 Å². The summed E-state index contributed by atoms with van der Waals surface area (Å²) in [5.74, 6) is 1.14. The van der Waals surface area contributed by atoms with Gasteiger partial charge < -0.3 is 10.1 Å². The maximum atomic E-state index is 12.3. The number of hydrogen-bond acceptors (Lipinski definition) is 6. The standard InChI is InChI=1S/C17H14BrN3O2S2/c1-23-12-8-6-11(7-9-12)19-16(22)17-21-20-15(25-17)10-24-14-5-3-2-4-13(14)18/h2-9H,10H2,1H3,(H,19,22). The molecule has 8 heteroatoms. The number of ether oxygens (including phenoxy) is 1. The molecular weight excluding hydrogens is 422 g/mol. The smallest absolute Gasteiger partial charge is 0.286 e. The van der Waals surface area contributed by atoms with E-state index in [1.165, 1.54) is 11.3 Å². The fraction of sp³-hybridized carbons (Fsp3) is 0.118. The monoisotopic (exact) mass is 435 g/mol. The molecule has 1 amide bonds. The van der Waals surface area contributed by atoms with Crippen molar-refractivity contribution >= 4 is 50.6 Å². The van der Waals surface area contributed by atoms with Crippen molar-refractivity contribution in [2.75, 3.05) is 12.4 Å². The molecule has 1 aromatic heterocycles. The molecule has 128 valence electrons. The molecular formula is C17H14BrN3O2S2. The first-order valence-corrected chi connectivity index (χ1v) is 9.90. The molecule has 3 rings (SSSR count). The lowest BCUT2D eigenvalue weighted by atomic mass is 10.3. The average molecular weight is 436 g/mol. The summed E-state index contributed by atoms with van der Waals surface area (Å²) in [7, 11) is 1.60. The summed E-state index contributed by atoms with van der Waals surface area (Å²) < 4.78 is 6.14. The van der Waals surface area contributed by atoms with Gasteiger partial charge in [0.1, 0.15) is 10.8 Å². The summed E-state index contributed by atoms with van der Waals surface area (Å²) in [6, 6.07) is 15.1. The molecule has 0 aliphatic rings. The van der Waals surface area contributed by atoms with Crippen molar-refractivity contribution in [3.8, 4) is 5.75 Å². The zero-order valence-corrected chi connectivity index (χ0v) is 16.5. The van der Waals surface area contributed by atoms with Gasteiger partial charge in [-0.3, -0.25) is 4.79 Å². The zero-order valence-electron chi connectivity index (χ0n) is 13.2. The van der Waals surface area contributed by atoms with Crippen LogP contribution in [0.3, 0.4) is 0 Å². The summed E-state index contributed by atoms with van der Waals surface area (Å²) in [5.41, 5.74) is 0.685. The van der Waals surface area contributed by atoms with Crippen molar-refractivity contribution in [2.45, 2.75) is 10.6 Å². The molecule has 5 nitrogen and oxygen atoms in total. The highest BCUT2D eigenvalue weighted by Crippen LogP contribution is 2.30. The van der Waals surface area contributed by atoms with Gasteiger partial charge in [0.25, 0.3) is 5.91 Å². The van der Waals surface area contributed by atoms with Gasteiger partial charge in [0.2, 0.25) is 5.01 Å². The van der Waals surface area contributed by atoms with Crippen molar-refractivity contribution in [3.05, 3.63) is 63.0 Å². The molecule has 0 fully saturated rings. The molecule has 0 aliphatic carbocycles. The van der Waals surface area contributed by atoms with Gasteiger partial charge in [-0.15, -0.1) is 22.0 Å². The fourth-order valence-electron chi connectivity index (χ4n) is 1.96. The van der Waals surface area contributed by atoms with Crippen LogP contribution in [0.5, 0.6) is 5.75 Å². The second-order valence-corrected chi connectivity index (χ2v) is 7.84. The summed E-state index contributed by atoms with van der Waals surface area (Å²) in [5, 5.41) is 12.0. The third-order valence-corrected chi connectivity index (χ3v) is 6.34. The van der Waals surface area contributed by atoms with Gasteiger partial charge in [0.15, 0.2) is 0 Å². The van der Waals surface area contributed by atoms with Crippen molar-refractivity contribution < 1.29 is 9.53 Å². The number of halogens is 1. The molecule has 0 bridgehead atoms. The molecule has 25 heavy (non-hydrogen) atoms. The van der Waals surface area contributed by atoms with Crippen LogP contribution in [0.4, 0.5) is 5.69 Å². The number of amides is 1. The molecule has 2 aromatic carbocycles. The zero-order chi connectivity index (χ0) is 17.6. The first-order valence-electron chi connectivity index (χ1n) is 7.31. The number of hydrogen-bond donors (Lipinski definition) is 1. The van der Waals surface area contributed by atoms with Crippen LogP contribution >= 0.6 is 39.0 Å². The number of benzene rings is 2. The van der Waals surface area contributed by atoms with E-state index in [4.69, 9.17) is 4.74 Å². The molecule has 1 heterocycles. The highest BCUT2D eigenvalue weighted by molar-refractivity contribution is 9.10. The highest BCUT2D eigenvalue weighted by Gasteiger charge is 2.13. The van der Waals surface area contributed by atoms with E-state index in [9.17, 15) is 4.79 Å². The Morgan fingerprint density at radius 3 is 2.68 bits per heavy atom. The molecule has 0 radical (unpaired) electrons. The van der Waals surface area contributed by atoms with Crippen LogP contribution in [0.25, 0.3) is 0 Å². The Balaban J connectivity index is 1.60. The number of rotatable bonds is 6. The number of nitrogens with zero attached hydrogens (tertiary/aromatic N) is 2. The second-order valence-electron chi connectivity index (χ2n) is 4.90. The lowest BCUT2D eigenvalue weighted by Gasteiger charge is -2.04. The molecule has 0 unspecified atom stereocenters. The van der Waals surface area contributed by atoms with Crippen molar-refractivity contribution in [1.29, 1.82) is 0 Å². The third-order valence-electron chi connectivity index (χ3n) is 3.20. The first kappa shape index (κ1) is 17.9. The summed E-state index contributed by atoms with van der Waals surface area (Å²) in [4.78, 5) is 13.4. The van der Waals surface area contributed by atoms with Crippen LogP contribution in [0.15, 0.2) is 57.9 Å². The Morgan fingerprint density at radius 1 is 1.20 bits per heavy atom. The summed E-state index contributed by atoms with van der Waals surface area (Å²) in [6.45, 7) is 0. The van der Waals surface area contributed by atoms with Gasteiger partial charge in [-0.25, -0.2) is 0 Å². The van der Waals surface area contributed by atoms with Crippen molar-refractivity contribution in [1.82, 2.24) is 10.2 Å². The SMILES string of the molecule is COc1ccc(NC(=O)c2nnc(CSc3ccccc3Br)s2)cc1. The van der Waals surface area contributed by atoms with E-state index in [-0.39, 0.29) is 5.91 Å². The number of aromatic nitrogens is 2. The Labute approximate surface area is 162 Å². The molecule has 0 aliphatic heterocycles. The Kier molecular flexibility index (Phi) is 6.06. The molecule has 0 atom stereocenters. The topological polar surface area (TPSA) is 64.1 Å². The third kappa shape index (κ3) is 4.81. The van der Waals surface area contributed by atoms with Crippen LogP contribution in [-0.4, -0.2) is 23.2 Å². The van der Waals surface area contributed by atoms with E-state index in [0.717, 1.165) is 20.1 Å². The van der Waals surface area contributed by atoms with Crippen LogP contribution in [0, 0.1) is 0 Å². The first-order chi connectivity index (χ1) is 12.2. The van der Waals surface area contributed by atoms with Gasteiger partial charge in [-0.2, -0.15) is 0 Å². The maximum Gasteiger partial charge on any atom is 0.286 e. The van der Waals surface area contributed by atoms with E-state index in [1.54, 1.807) is 43.1 Å².